The van der Waals surface area contributed by atoms with Gasteiger partial charge in [-0.1, -0.05) is 18.1 Å². The van der Waals surface area contributed by atoms with E-state index in [-0.39, 0.29) is 12.1 Å². The van der Waals surface area contributed by atoms with Crippen LogP contribution in [0.3, 0.4) is 0 Å². The predicted octanol–water partition coefficient (Wildman–Crippen LogP) is 4.27. The molecule has 1 aliphatic carbocycles. The summed E-state index contributed by atoms with van der Waals surface area (Å²) in [5.41, 5.74) is 2.30. The second-order valence-corrected chi connectivity index (χ2v) is 9.84. The molecule has 1 aromatic rings. The third-order valence-electron chi connectivity index (χ3n) is 7.92. The van der Waals surface area contributed by atoms with Gasteiger partial charge in [0, 0.05) is 37.3 Å². The summed E-state index contributed by atoms with van der Waals surface area (Å²) in [5, 5.41) is 3.16. The number of ether oxygens (including phenoxy) is 2. The van der Waals surface area contributed by atoms with E-state index < -0.39 is 0 Å². The Labute approximate surface area is 184 Å². The molecule has 4 atom stereocenters. The van der Waals surface area contributed by atoms with Gasteiger partial charge in [0.15, 0.2) is 11.5 Å². The SMILES string of the molecule is O=C(Nc1ccc2c(c1)OCCCO2)N1CCCC2=C[C@H]3C[C@@H](CN4CCCCC34)C21. The Morgan fingerprint density at radius 3 is 2.87 bits per heavy atom. The molecule has 6 nitrogen and oxygen atoms in total. The van der Waals surface area contributed by atoms with Crippen molar-refractivity contribution in [3.63, 3.8) is 0 Å². The number of fused-ring (bicyclic) bond motifs is 7. The van der Waals surface area contributed by atoms with Crippen LogP contribution in [0.1, 0.15) is 44.9 Å². The van der Waals surface area contributed by atoms with E-state index in [9.17, 15) is 4.79 Å². The van der Waals surface area contributed by atoms with E-state index >= 15 is 0 Å². The van der Waals surface area contributed by atoms with Gasteiger partial charge in [0.05, 0.1) is 19.3 Å². The minimum Gasteiger partial charge on any atom is -0.490 e. The second kappa shape index (κ2) is 8.05. The minimum atomic E-state index is 0.0179. The Balaban J connectivity index is 1.22. The van der Waals surface area contributed by atoms with Gasteiger partial charge in [-0.25, -0.2) is 4.79 Å². The molecule has 2 amide bonds. The molecule has 166 valence electrons. The molecule has 0 radical (unpaired) electrons. The van der Waals surface area contributed by atoms with Crippen LogP contribution in [0.5, 0.6) is 11.5 Å². The normalized spacial score (nSPS) is 32.3. The Morgan fingerprint density at radius 2 is 1.94 bits per heavy atom. The number of hydrogen-bond acceptors (Lipinski definition) is 4. The maximum Gasteiger partial charge on any atom is 0.322 e. The highest BCUT2D eigenvalue weighted by atomic mass is 16.5. The Bertz CT molecular complexity index is 885. The fourth-order valence-corrected chi connectivity index (χ4v) is 6.64. The molecule has 3 fully saturated rings. The van der Waals surface area contributed by atoms with Crippen LogP contribution in [0.2, 0.25) is 0 Å². The molecule has 6 heteroatoms. The monoisotopic (exact) mass is 423 g/mol. The van der Waals surface area contributed by atoms with Crippen LogP contribution in [0, 0.1) is 11.8 Å². The molecule has 0 spiro atoms. The highest BCUT2D eigenvalue weighted by molar-refractivity contribution is 5.90. The molecule has 4 heterocycles. The number of carbonyl (C=O) groups excluding carboxylic acids is 1. The summed E-state index contributed by atoms with van der Waals surface area (Å²) < 4.78 is 11.5. The number of anilines is 1. The van der Waals surface area contributed by atoms with Crippen LogP contribution < -0.4 is 14.8 Å². The number of carbonyl (C=O) groups is 1. The summed E-state index contributed by atoms with van der Waals surface area (Å²) in [5.74, 6) is 2.73. The van der Waals surface area contributed by atoms with E-state index in [4.69, 9.17) is 9.47 Å². The largest absolute Gasteiger partial charge is 0.490 e. The number of hydrogen-bond donors (Lipinski definition) is 1. The maximum atomic E-state index is 13.4. The lowest BCUT2D eigenvalue weighted by atomic mass is 9.68. The third kappa shape index (κ3) is 3.59. The third-order valence-corrected chi connectivity index (χ3v) is 7.92. The zero-order valence-electron chi connectivity index (χ0n) is 18.2. The Hall–Kier alpha value is -2.21. The number of nitrogens with zero attached hydrogens (tertiary/aromatic N) is 2. The number of benzene rings is 1. The van der Waals surface area contributed by atoms with Crippen LogP contribution in [0.4, 0.5) is 10.5 Å². The van der Waals surface area contributed by atoms with E-state index in [1.807, 2.05) is 18.2 Å². The molecule has 1 aromatic carbocycles. The summed E-state index contributed by atoms with van der Waals surface area (Å²) >= 11 is 0. The van der Waals surface area contributed by atoms with Crippen molar-refractivity contribution < 1.29 is 14.3 Å². The fourth-order valence-electron chi connectivity index (χ4n) is 6.64. The molecular weight excluding hydrogens is 390 g/mol. The molecule has 2 bridgehead atoms. The molecule has 5 aliphatic rings. The van der Waals surface area contributed by atoms with Crippen LogP contribution >= 0.6 is 0 Å². The molecule has 0 aromatic heterocycles. The molecule has 1 N–H and O–H groups in total. The summed E-state index contributed by atoms with van der Waals surface area (Å²) in [6, 6.07) is 6.74. The highest BCUT2D eigenvalue weighted by Gasteiger charge is 2.46. The molecule has 2 unspecified atom stereocenters. The number of amides is 2. The number of urea groups is 1. The van der Waals surface area contributed by atoms with E-state index in [2.05, 4.69) is 21.2 Å². The molecule has 0 saturated carbocycles. The van der Waals surface area contributed by atoms with Gasteiger partial charge in [-0.15, -0.1) is 0 Å². The van der Waals surface area contributed by atoms with Crippen molar-refractivity contribution in [1.29, 1.82) is 0 Å². The van der Waals surface area contributed by atoms with Crippen LogP contribution in [-0.2, 0) is 0 Å². The Morgan fingerprint density at radius 1 is 1.03 bits per heavy atom. The zero-order valence-corrected chi connectivity index (χ0v) is 18.2. The first-order valence-electron chi connectivity index (χ1n) is 12.2. The lowest BCUT2D eigenvalue weighted by Gasteiger charge is -2.54. The van der Waals surface area contributed by atoms with Gasteiger partial charge < -0.3 is 19.7 Å². The number of likely N-dealkylation sites (tertiary alicyclic amines) is 1. The molecule has 4 aliphatic heterocycles. The van der Waals surface area contributed by atoms with Crippen LogP contribution in [0.15, 0.2) is 29.8 Å². The quantitative estimate of drug-likeness (QED) is 0.686. The van der Waals surface area contributed by atoms with E-state index in [1.54, 1.807) is 0 Å². The molecule has 3 saturated heterocycles. The van der Waals surface area contributed by atoms with Gasteiger partial charge in [-0.3, -0.25) is 4.90 Å². The predicted molar refractivity (Wildman–Crippen MR) is 120 cm³/mol. The number of nitrogens with one attached hydrogen (secondary N) is 1. The van der Waals surface area contributed by atoms with Crippen LogP contribution in [0.25, 0.3) is 0 Å². The molecule has 6 rings (SSSR count). The first-order valence-corrected chi connectivity index (χ1v) is 12.2. The van der Waals surface area contributed by atoms with Crippen molar-refractivity contribution in [1.82, 2.24) is 9.80 Å². The summed E-state index contributed by atoms with van der Waals surface area (Å²) in [4.78, 5) is 18.2. The van der Waals surface area contributed by atoms with Crippen molar-refractivity contribution in [2.75, 3.05) is 38.2 Å². The van der Waals surface area contributed by atoms with Gasteiger partial charge in [-0.05, 0) is 62.6 Å². The van der Waals surface area contributed by atoms with Crippen molar-refractivity contribution in [3.8, 4) is 11.5 Å². The van der Waals surface area contributed by atoms with E-state index in [1.165, 1.54) is 37.8 Å². The first-order chi connectivity index (χ1) is 15.3. The summed E-state index contributed by atoms with van der Waals surface area (Å²) in [7, 11) is 0. The number of piperidine rings is 3. The van der Waals surface area contributed by atoms with E-state index in [0.29, 0.717) is 25.0 Å². The van der Waals surface area contributed by atoms with E-state index in [0.717, 1.165) is 55.6 Å². The number of rotatable bonds is 1. The van der Waals surface area contributed by atoms with Crippen molar-refractivity contribution >= 4 is 11.7 Å². The second-order valence-electron chi connectivity index (χ2n) is 9.84. The smallest absolute Gasteiger partial charge is 0.322 e. The molecule has 31 heavy (non-hydrogen) atoms. The molecular formula is C25H33N3O3. The standard InChI is InChI=1S/C25H33N3O3/c29-25(26-20-7-8-22-23(15-20)31-12-4-11-30-22)28-10-3-5-17-13-18-14-19(24(17)28)16-27-9-2-1-6-21(18)27/h7-8,13,15,18-19,21,24H,1-6,9-12,14,16H2,(H,26,29)/t18-,19-,21?,24?/m0/s1. The average molecular weight is 424 g/mol. The van der Waals surface area contributed by atoms with Gasteiger partial charge >= 0.3 is 6.03 Å². The minimum absolute atomic E-state index is 0.0179. The van der Waals surface area contributed by atoms with Gasteiger partial charge in [0.25, 0.3) is 0 Å². The topological polar surface area (TPSA) is 54.0 Å². The lowest BCUT2D eigenvalue weighted by Crippen LogP contribution is -2.60. The lowest BCUT2D eigenvalue weighted by molar-refractivity contribution is 0.00908. The zero-order chi connectivity index (χ0) is 20.8. The van der Waals surface area contributed by atoms with Crippen LogP contribution in [-0.4, -0.2) is 60.8 Å². The average Bonchev–Trinajstić information content (AvgIpc) is 3.04. The summed E-state index contributed by atoms with van der Waals surface area (Å²) in [6.45, 7) is 4.54. The first kappa shape index (κ1) is 19.5. The van der Waals surface area contributed by atoms with Crippen molar-refractivity contribution in [2.45, 2.75) is 57.0 Å². The Kier molecular flexibility index (Phi) is 5.05. The van der Waals surface area contributed by atoms with Gasteiger partial charge in [0.1, 0.15) is 0 Å². The van der Waals surface area contributed by atoms with Crippen molar-refractivity contribution in [2.24, 2.45) is 11.8 Å². The van der Waals surface area contributed by atoms with Gasteiger partial charge in [-0.2, -0.15) is 0 Å². The van der Waals surface area contributed by atoms with Gasteiger partial charge in [0.2, 0.25) is 0 Å². The maximum absolute atomic E-state index is 13.4. The summed E-state index contributed by atoms with van der Waals surface area (Å²) in [6.07, 6.45) is 10.9. The van der Waals surface area contributed by atoms with Crippen molar-refractivity contribution in [3.05, 3.63) is 29.8 Å². The fraction of sp³-hybridized carbons (Fsp3) is 0.640. The highest BCUT2D eigenvalue weighted by Crippen LogP contribution is 2.45.